The molecule has 2 aromatic rings. The molecule has 0 saturated carbocycles. The first-order chi connectivity index (χ1) is 13.0. The van der Waals surface area contributed by atoms with Gasteiger partial charge in [-0.3, -0.25) is 14.5 Å². The van der Waals surface area contributed by atoms with Gasteiger partial charge in [-0.05, 0) is 36.6 Å². The number of carbonyl (C=O) groups excluding carboxylic acids is 1. The summed E-state index contributed by atoms with van der Waals surface area (Å²) in [4.78, 5) is 26.9. The summed E-state index contributed by atoms with van der Waals surface area (Å²) < 4.78 is 7.18. The van der Waals surface area contributed by atoms with Gasteiger partial charge in [-0.2, -0.15) is 0 Å². The Morgan fingerprint density at radius 3 is 2.93 bits per heavy atom. The molecule has 1 saturated heterocycles. The van der Waals surface area contributed by atoms with Crippen molar-refractivity contribution in [2.45, 2.75) is 18.9 Å². The molecule has 0 spiro atoms. The molecule has 6 nitrogen and oxygen atoms in total. The van der Waals surface area contributed by atoms with Crippen LogP contribution in [0.5, 0.6) is 5.75 Å². The Balaban J connectivity index is 1.45. The number of benzene rings is 1. The Morgan fingerprint density at radius 2 is 2.11 bits per heavy atom. The number of nitrogens with zero attached hydrogens (tertiary/aromatic N) is 2. The number of pyridine rings is 1. The summed E-state index contributed by atoms with van der Waals surface area (Å²) in [6, 6.07) is 10.6. The van der Waals surface area contributed by atoms with Crippen LogP contribution >= 0.6 is 11.6 Å². The number of amides is 1. The molecule has 1 amide bonds. The maximum Gasteiger partial charge on any atom is 0.250 e. The second-order valence-corrected chi connectivity index (χ2v) is 7.72. The van der Waals surface area contributed by atoms with Crippen LogP contribution in [0, 0.1) is 5.92 Å². The van der Waals surface area contributed by atoms with Crippen LogP contribution in [0.4, 0.5) is 5.69 Å². The molecule has 0 unspecified atom stereocenters. The van der Waals surface area contributed by atoms with E-state index in [-0.39, 0.29) is 11.5 Å². The number of methoxy groups -OCH3 is 1. The molecule has 1 aromatic carbocycles. The minimum Gasteiger partial charge on any atom is -0.495 e. The van der Waals surface area contributed by atoms with Crippen LogP contribution in [-0.4, -0.2) is 42.1 Å². The lowest BCUT2D eigenvalue weighted by Gasteiger charge is -2.42. The van der Waals surface area contributed by atoms with E-state index >= 15 is 0 Å². The molecule has 27 heavy (non-hydrogen) atoms. The van der Waals surface area contributed by atoms with Crippen LogP contribution in [-0.2, 0) is 11.3 Å². The first kappa shape index (κ1) is 18.1. The van der Waals surface area contributed by atoms with Crippen molar-refractivity contribution >= 4 is 23.2 Å². The largest absolute Gasteiger partial charge is 0.495 e. The molecule has 3 heterocycles. The Hall–Kier alpha value is -2.31. The van der Waals surface area contributed by atoms with Gasteiger partial charge in [0.2, 0.25) is 5.91 Å². The molecule has 7 heteroatoms. The number of halogens is 1. The highest BCUT2D eigenvalue weighted by Gasteiger charge is 2.34. The molecular formula is C20H22ClN3O3. The van der Waals surface area contributed by atoms with Crippen molar-refractivity contribution in [2.24, 2.45) is 5.92 Å². The van der Waals surface area contributed by atoms with Gasteiger partial charge in [-0.15, -0.1) is 0 Å². The highest BCUT2D eigenvalue weighted by atomic mass is 35.5. The van der Waals surface area contributed by atoms with Gasteiger partial charge in [0.1, 0.15) is 5.75 Å². The monoisotopic (exact) mass is 387 g/mol. The number of nitrogens with one attached hydrogen (secondary N) is 1. The van der Waals surface area contributed by atoms with Gasteiger partial charge >= 0.3 is 0 Å². The maximum atomic E-state index is 12.6. The molecule has 142 valence electrons. The van der Waals surface area contributed by atoms with Crippen molar-refractivity contribution < 1.29 is 9.53 Å². The third-order valence-corrected chi connectivity index (χ3v) is 5.59. The van der Waals surface area contributed by atoms with Gasteiger partial charge in [0.25, 0.3) is 5.56 Å². The Bertz CT molecular complexity index is 927. The third kappa shape index (κ3) is 3.73. The summed E-state index contributed by atoms with van der Waals surface area (Å²) in [6.07, 6.45) is 1.07. The Kier molecular flexibility index (Phi) is 4.93. The highest BCUT2D eigenvalue weighted by Crippen LogP contribution is 2.35. The number of aromatic nitrogens is 1. The fourth-order valence-electron chi connectivity index (χ4n) is 4.30. The lowest BCUT2D eigenvalue weighted by Crippen LogP contribution is -2.49. The second kappa shape index (κ2) is 7.37. The molecule has 4 rings (SSSR count). The average Bonchev–Trinajstić information content (AvgIpc) is 2.63. The van der Waals surface area contributed by atoms with Gasteiger partial charge in [0.15, 0.2) is 0 Å². The SMILES string of the molecule is COc1ccc(Cl)cc1NC(=O)CN1C[C@@H]2C[C@H](C1)c1cccc(=O)n1C2. The molecule has 0 aliphatic carbocycles. The van der Waals surface area contributed by atoms with E-state index in [2.05, 4.69) is 10.2 Å². The summed E-state index contributed by atoms with van der Waals surface area (Å²) in [6.45, 7) is 2.63. The predicted octanol–water partition coefficient (Wildman–Crippen LogP) is 2.57. The van der Waals surface area contributed by atoms with E-state index in [9.17, 15) is 9.59 Å². The van der Waals surface area contributed by atoms with Gasteiger partial charge in [-0.1, -0.05) is 17.7 Å². The molecule has 0 radical (unpaired) electrons. The van der Waals surface area contributed by atoms with Crippen LogP contribution in [0.1, 0.15) is 18.0 Å². The summed E-state index contributed by atoms with van der Waals surface area (Å²) in [5, 5.41) is 3.44. The third-order valence-electron chi connectivity index (χ3n) is 5.36. The van der Waals surface area contributed by atoms with Gasteiger partial charge in [0, 0.05) is 42.3 Å². The number of ether oxygens (including phenoxy) is 1. The molecule has 1 aromatic heterocycles. The van der Waals surface area contributed by atoms with Crippen molar-refractivity contribution in [1.29, 1.82) is 0 Å². The zero-order valence-electron chi connectivity index (χ0n) is 15.2. The fourth-order valence-corrected chi connectivity index (χ4v) is 4.47. The van der Waals surface area contributed by atoms with E-state index in [0.717, 1.165) is 31.7 Å². The minimum atomic E-state index is -0.0963. The zero-order valence-corrected chi connectivity index (χ0v) is 15.9. The average molecular weight is 388 g/mol. The minimum absolute atomic E-state index is 0.0708. The quantitative estimate of drug-likeness (QED) is 0.875. The van der Waals surface area contributed by atoms with E-state index in [1.54, 1.807) is 31.4 Å². The van der Waals surface area contributed by atoms with E-state index in [4.69, 9.17) is 16.3 Å². The number of fused-ring (bicyclic) bond motifs is 4. The number of piperidine rings is 1. The number of carbonyl (C=O) groups is 1. The molecule has 1 N–H and O–H groups in total. The van der Waals surface area contributed by atoms with Crippen LogP contribution in [0.3, 0.4) is 0 Å². The van der Waals surface area contributed by atoms with Crippen molar-refractivity contribution in [1.82, 2.24) is 9.47 Å². The zero-order chi connectivity index (χ0) is 19.0. The predicted molar refractivity (Wildman–Crippen MR) is 105 cm³/mol. The Labute approximate surface area is 162 Å². The number of hydrogen-bond acceptors (Lipinski definition) is 4. The van der Waals surface area contributed by atoms with E-state index < -0.39 is 0 Å². The topological polar surface area (TPSA) is 63.6 Å². The van der Waals surface area contributed by atoms with Crippen LogP contribution in [0.2, 0.25) is 5.02 Å². The number of hydrogen-bond donors (Lipinski definition) is 1. The smallest absolute Gasteiger partial charge is 0.250 e. The molecule has 2 aliphatic rings. The molecular weight excluding hydrogens is 366 g/mol. The number of anilines is 1. The van der Waals surface area contributed by atoms with Crippen LogP contribution in [0.15, 0.2) is 41.2 Å². The van der Waals surface area contributed by atoms with E-state index in [1.807, 2.05) is 16.7 Å². The van der Waals surface area contributed by atoms with E-state index in [1.165, 1.54) is 0 Å². The van der Waals surface area contributed by atoms with Gasteiger partial charge < -0.3 is 14.6 Å². The molecule has 2 atom stereocenters. The molecule has 2 aliphatic heterocycles. The highest BCUT2D eigenvalue weighted by molar-refractivity contribution is 6.31. The number of likely N-dealkylation sites (tertiary alicyclic amines) is 1. The van der Waals surface area contributed by atoms with Crippen LogP contribution < -0.4 is 15.6 Å². The van der Waals surface area contributed by atoms with Crippen molar-refractivity contribution in [3.05, 3.63) is 57.5 Å². The first-order valence-electron chi connectivity index (χ1n) is 9.09. The normalized spacial score (nSPS) is 21.4. The van der Waals surface area contributed by atoms with Crippen molar-refractivity contribution in [3.8, 4) is 5.75 Å². The summed E-state index contributed by atoms with van der Waals surface area (Å²) in [5.74, 6) is 1.17. The fraction of sp³-hybridized carbons (Fsp3) is 0.400. The number of rotatable bonds is 4. The summed E-state index contributed by atoms with van der Waals surface area (Å²) in [7, 11) is 1.56. The first-order valence-corrected chi connectivity index (χ1v) is 9.47. The second-order valence-electron chi connectivity index (χ2n) is 7.29. The van der Waals surface area contributed by atoms with Crippen LogP contribution in [0.25, 0.3) is 0 Å². The van der Waals surface area contributed by atoms with Gasteiger partial charge in [0.05, 0.1) is 19.3 Å². The Morgan fingerprint density at radius 1 is 1.26 bits per heavy atom. The van der Waals surface area contributed by atoms with Gasteiger partial charge in [-0.25, -0.2) is 0 Å². The van der Waals surface area contributed by atoms with E-state index in [0.29, 0.717) is 34.8 Å². The molecule has 1 fully saturated rings. The standard InChI is InChI=1S/C20H22ClN3O3/c1-27-18-6-5-15(21)8-16(18)22-19(25)12-23-9-13-7-14(11-23)17-3-2-4-20(26)24(17)10-13/h2-6,8,13-14H,7,9-12H2,1H3,(H,22,25)/t13-,14+/m0/s1. The lowest BCUT2D eigenvalue weighted by atomic mass is 9.83. The summed E-state index contributed by atoms with van der Waals surface area (Å²) >= 11 is 6.03. The van der Waals surface area contributed by atoms with Crippen molar-refractivity contribution in [3.63, 3.8) is 0 Å². The summed E-state index contributed by atoms with van der Waals surface area (Å²) in [5.41, 5.74) is 1.73. The lowest BCUT2D eigenvalue weighted by molar-refractivity contribution is -0.118. The van der Waals surface area contributed by atoms with Crippen molar-refractivity contribution in [2.75, 3.05) is 32.1 Å². The maximum absolute atomic E-state index is 12.6. The molecule has 2 bridgehead atoms.